The molecule has 0 saturated carbocycles. The van der Waals surface area contributed by atoms with Crippen molar-refractivity contribution in [1.82, 2.24) is 0 Å². The number of nitrogens with zero attached hydrogens (tertiary/aromatic N) is 1. The maximum atomic E-state index is 2.39. The van der Waals surface area contributed by atoms with E-state index in [9.17, 15) is 0 Å². The molecule has 8 aromatic carbocycles. The molecule has 3 aliphatic rings. The normalized spacial score (nSPS) is 13.8. The van der Waals surface area contributed by atoms with Gasteiger partial charge in [0.05, 0.1) is 5.41 Å². The Hall–Kier alpha value is -6.74. The molecule has 0 atom stereocenters. The molecule has 3 aliphatic carbocycles. The molecular formula is C60H51NS. The van der Waals surface area contributed by atoms with Crippen molar-refractivity contribution in [3.8, 4) is 32.7 Å². The molecule has 0 fully saturated rings. The van der Waals surface area contributed by atoms with Crippen molar-refractivity contribution in [1.29, 1.82) is 0 Å². The number of thiophene rings is 1. The molecule has 1 aromatic heterocycles. The predicted molar refractivity (Wildman–Crippen MR) is 268 cm³/mol. The van der Waals surface area contributed by atoms with Crippen LogP contribution in [0.1, 0.15) is 60.1 Å². The zero-order valence-corrected chi connectivity index (χ0v) is 36.6. The summed E-state index contributed by atoms with van der Waals surface area (Å²) in [5.41, 5.74) is 16.7. The summed E-state index contributed by atoms with van der Waals surface area (Å²) in [5, 5.41) is 4.09. The Morgan fingerprint density at radius 3 is 1.85 bits per heavy atom. The highest BCUT2D eigenvalue weighted by Gasteiger charge is 2.46. The average molecular weight is 818 g/mol. The highest BCUT2D eigenvalue weighted by atomic mass is 32.1. The Bertz CT molecular complexity index is 3050. The van der Waals surface area contributed by atoms with E-state index in [1.807, 2.05) is 25.2 Å². The minimum Gasteiger partial charge on any atom is -0.345 e. The van der Waals surface area contributed by atoms with E-state index in [0.29, 0.717) is 0 Å². The van der Waals surface area contributed by atoms with E-state index in [4.69, 9.17) is 0 Å². The number of aryl methyl sites for hydroxylation is 2. The third-order valence-corrected chi connectivity index (χ3v) is 14.2. The van der Waals surface area contributed by atoms with E-state index in [2.05, 4.69) is 218 Å². The Balaban J connectivity index is 0.000000524. The van der Waals surface area contributed by atoms with Gasteiger partial charge in [0.15, 0.2) is 0 Å². The van der Waals surface area contributed by atoms with Crippen LogP contribution in [0.2, 0.25) is 0 Å². The molecule has 1 heterocycles. The van der Waals surface area contributed by atoms with Crippen molar-refractivity contribution in [2.24, 2.45) is 0 Å². The molecule has 1 nitrogen and oxygen atoms in total. The fourth-order valence-electron chi connectivity index (χ4n) is 10.1. The van der Waals surface area contributed by atoms with Crippen molar-refractivity contribution in [3.63, 3.8) is 0 Å². The number of hydrogen-bond acceptors (Lipinski definition) is 2. The number of hydrogen-bond donors (Lipinski definition) is 0. The van der Waals surface area contributed by atoms with Gasteiger partial charge in [-0.05, 0) is 134 Å². The average Bonchev–Trinajstić information content (AvgIpc) is 3.89. The second-order valence-electron chi connectivity index (χ2n) is 16.2. The van der Waals surface area contributed by atoms with Crippen molar-refractivity contribution in [2.45, 2.75) is 44.9 Å². The second kappa shape index (κ2) is 17.0. The Labute approximate surface area is 371 Å². The molecule has 0 bridgehead atoms. The van der Waals surface area contributed by atoms with Gasteiger partial charge in [0, 0.05) is 33.6 Å². The maximum absolute atomic E-state index is 2.39. The van der Waals surface area contributed by atoms with Crippen molar-refractivity contribution in [3.05, 3.63) is 240 Å². The molecule has 2 heteroatoms. The number of allylic oxidation sites excluding steroid dienone is 4. The van der Waals surface area contributed by atoms with Crippen LogP contribution in [0.4, 0.5) is 11.4 Å². The van der Waals surface area contributed by atoms with Gasteiger partial charge in [-0.1, -0.05) is 184 Å². The zero-order chi connectivity index (χ0) is 42.0. The summed E-state index contributed by atoms with van der Waals surface area (Å²) < 4.78 is 1.39. The van der Waals surface area contributed by atoms with E-state index in [1.165, 1.54) is 99.8 Å². The van der Waals surface area contributed by atoms with Crippen LogP contribution in [-0.2, 0) is 18.3 Å². The molecule has 0 aliphatic heterocycles. The molecule has 0 unspecified atom stereocenters. The monoisotopic (exact) mass is 817 g/mol. The molecule has 0 amide bonds. The van der Waals surface area contributed by atoms with Gasteiger partial charge >= 0.3 is 0 Å². The standard InChI is InChI=1S/C52H37NS.C6H8.C2H6/c1-53(41-15-11-14-39(33-41)52(38-12-3-2-4-13-38)47-19-8-5-16-43(47)44-17-6-9-20-48(44)52)40-28-24-34(25-29-40)36-27-30-42-37(32-36)23-22-35-26-31-46-45-18-7-10-21-49(45)54-51(46)50(35)42;1-2-4-6-5-3-1;1-2/h2-25,27-30,32-33H,26,31H2,1H3;1-4H,5-6H2;1-2H3. The third-order valence-electron chi connectivity index (χ3n) is 13.0. The zero-order valence-electron chi connectivity index (χ0n) is 35.8. The summed E-state index contributed by atoms with van der Waals surface area (Å²) in [4.78, 5) is 3.77. The van der Waals surface area contributed by atoms with Crippen molar-refractivity contribution < 1.29 is 0 Å². The minimum atomic E-state index is -0.414. The van der Waals surface area contributed by atoms with Crippen LogP contribution < -0.4 is 4.90 Å². The van der Waals surface area contributed by atoms with Crippen molar-refractivity contribution in [2.75, 3.05) is 11.9 Å². The topological polar surface area (TPSA) is 3.24 Å². The minimum absolute atomic E-state index is 0.414. The highest BCUT2D eigenvalue weighted by molar-refractivity contribution is 7.22. The molecule has 62 heavy (non-hydrogen) atoms. The van der Waals surface area contributed by atoms with E-state index >= 15 is 0 Å². The lowest BCUT2D eigenvalue weighted by Crippen LogP contribution is -2.28. The molecule has 302 valence electrons. The van der Waals surface area contributed by atoms with Gasteiger partial charge < -0.3 is 4.90 Å². The van der Waals surface area contributed by atoms with Gasteiger partial charge in [-0.25, -0.2) is 0 Å². The summed E-state index contributed by atoms with van der Waals surface area (Å²) in [7, 11) is 2.18. The maximum Gasteiger partial charge on any atom is 0.0714 e. The van der Waals surface area contributed by atoms with Gasteiger partial charge in [0.1, 0.15) is 0 Å². The lowest BCUT2D eigenvalue weighted by molar-refractivity contribution is 0.768. The Morgan fingerprint density at radius 1 is 0.500 bits per heavy atom. The number of fused-ring (bicyclic) bond motifs is 10. The largest absolute Gasteiger partial charge is 0.345 e. The van der Waals surface area contributed by atoms with Gasteiger partial charge in [0.25, 0.3) is 0 Å². The van der Waals surface area contributed by atoms with E-state index < -0.39 is 5.41 Å². The van der Waals surface area contributed by atoms with Crippen LogP contribution in [0, 0.1) is 0 Å². The van der Waals surface area contributed by atoms with Crippen LogP contribution in [0.3, 0.4) is 0 Å². The molecule has 12 rings (SSSR count). The quantitative estimate of drug-likeness (QED) is 0.167. The van der Waals surface area contributed by atoms with Crippen LogP contribution in [0.25, 0.3) is 53.6 Å². The van der Waals surface area contributed by atoms with Crippen LogP contribution in [-0.4, -0.2) is 7.05 Å². The predicted octanol–water partition coefficient (Wildman–Crippen LogP) is 16.5. The smallest absolute Gasteiger partial charge is 0.0714 e. The summed E-state index contributed by atoms with van der Waals surface area (Å²) in [6, 6.07) is 67.8. The molecule has 0 spiro atoms. The first-order valence-electron chi connectivity index (χ1n) is 22.3. The second-order valence-corrected chi connectivity index (χ2v) is 17.3. The molecule has 9 aromatic rings. The fourth-order valence-corrected chi connectivity index (χ4v) is 11.4. The number of anilines is 2. The molecule has 0 N–H and O–H groups in total. The van der Waals surface area contributed by atoms with Crippen LogP contribution in [0.5, 0.6) is 0 Å². The number of rotatable bonds is 5. The van der Waals surface area contributed by atoms with E-state index in [-0.39, 0.29) is 0 Å². The van der Waals surface area contributed by atoms with Gasteiger partial charge in [-0.2, -0.15) is 0 Å². The SMILES string of the molecule is C1=CCCC=C1.CC.CN(c1ccc(-c2ccc3c4c(ccc3c2)CCc2c-4sc3ccccc23)cc1)c1cccc(C2(c3ccccc3)c3ccccc3-c3ccccc32)c1. The summed E-state index contributed by atoms with van der Waals surface area (Å²) in [5.74, 6) is 0. The van der Waals surface area contributed by atoms with Crippen molar-refractivity contribution >= 4 is 43.6 Å². The molecule has 0 saturated heterocycles. The van der Waals surface area contributed by atoms with Crippen LogP contribution in [0.15, 0.2) is 206 Å². The Kier molecular flexibility index (Phi) is 10.8. The molecular weight excluding hydrogens is 767 g/mol. The highest BCUT2D eigenvalue weighted by Crippen LogP contribution is 2.56. The Morgan fingerprint density at radius 2 is 1.15 bits per heavy atom. The number of benzene rings is 8. The van der Waals surface area contributed by atoms with Crippen LogP contribution >= 0.6 is 11.3 Å². The van der Waals surface area contributed by atoms with Gasteiger partial charge in [-0.3, -0.25) is 0 Å². The first-order valence-corrected chi connectivity index (χ1v) is 23.1. The summed E-state index contributed by atoms with van der Waals surface area (Å²) in [6.07, 6.45) is 13.2. The summed E-state index contributed by atoms with van der Waals surface area (Å²) >= 11 is 1.96. The lowest BCUT2D eigenvalue weighted by Gasteiger charge is -2.34. The van der Waals surface area contributed by atoms with E-state index in [0.717, 1.165) is 24.2 Å². The molecule has 0 radical (unpaired) electrons. The fraction of sp³-hybridized carbons (Fsp3) is 0.133. The summed E-state index contributed by atoms with van der Waals surface area (Å²) in [6.45, 7) is 4.00. The van der Waals surface area contributed by atoms with Gasteiger partial charge in [0.2, 0.25) is 0 Å². The first-order chi connectivity index (χ1) is 30.7. The third kappa shape index (κ3) is 6.71. The first kappa shape index (κ1) is 39.4. The van der Waals surface area contributed by atoms with E-state index in [1.54, 1.807) is 0 Å². The lowest BCUT2D eigenvalue weighted by atomic mass is 9.67. The van der Waals surface area contributed by atoms with Gasteiger partial charge in [-0.15, -0.1) is 11.3 Å².